The summed E-state index contributed by atoms with van der Waals surface area (Å²) in [4.78, 5) is 23.4. The van der Waals surface area contributed by atoms with Crippen molar-refractivity contribution in [3.63, 3.8) is 0 Å². The van der Waals surface area contributed by atoms with Crippen LogP contribution in [0.4, 0.5) is 14.9 Å². The van der Waals surface area contributed by atoms with Crippen molar-refractivity contribution in [3.05, 3.63) is 30.1 Å². The summed E-state index contributed by atoms with van der Waals surface area (Å²) in [6.45, 7) is 1.54. The predicted octanol–water partition coefficient (Wildman–Crippen LogP) is 1.47. The van der Waals surface area contributed by atoms with Crippen molar-refractivity contribution in [2.24, 2.45) is 5.92 Å². The molecule has 0 atom stereocenters. The zero-order chi connectivity index (χ0) is 13.7. The third-order valence-corrected chi connectivity index (χ3v) is 3.07. The van der Waals surface area contributed by atoms with E-state index in [4.69, 9.17) is 0 Å². The molecule has 0 radical (unpaired) electrons. The number of hydrogen-bond acceptors (Lipinski definition) is 3. The highest BCUT2D eigenvalue weighted by Crippen LogP contribution is 2.13. The zero-order valence-corrected chi connectivity index (χ0v) is 10.4. The molecule has 1 heterocycles. The molecule has 6 heteroatoms. The number of halogens is 1. The number of piperidine rings is 1. The normalized spacial score (nSPS) is 15.8. The van der Waals surface area contributed by atoms with Crippen LogP contribution in [0.3, 0.4) is 0 Å². The highest BCUT2D eigenvalue weighted by molar-refractivity contribution is 6.01. The van der Waals surface area contributed by atoms with E-state index in [2.05, 4.69) is 16.0 Å². The maximum atomic E-state index is 13.3. The smallest absolute Gasteiger partial charge is 0.317 e. The number of rotatable bonds is 2. The van der Waals surface area contributed by atoms with Gasteiger partial charge in [-0.25, -0.2) is 9.18 Å². The second kappa shape index (κ2) is 6.29. The van der Waals surface area contributed by atoms with E-state index < -0.39 is 11.8 Å². The van der Waals surface area contributed by atoms with Gasteiger partial charge in [0.15, 0.2) is 0 Å². The molecule has 3 N–H and O–H groups in total. The largest absolute Gasteiger partial charge is 0.325 e. The van der Waals surface area contributed by atoms with E-state index >= 15 is 0 Å². The van der Waals surface area contributed by atoms with Crippen LogP contribution in [0.5, 0.6) is 0 Å². The number of anilines is 1. The average Bonchev–Trinajstić information content (AvgIpc) is 2.42. The standard InChI is InChI=1S/C13H16FN3O2/c14-10-3-1-2-4-11(10)16-13(19)17-12(18)9-5-7-15-8-6-9/h1-4,9,15H,5-8H2,(H2,16,17,18,19). The Balaban J connectivity index is 1.87. The number of carbonyl (C=O) groups is 2. The van der Waals surface area contributed by atoms with Gasteiger partial charge in [-0.15, -0.1) is 0 Å². The van der Waals surface area contributed by atoms with Gasteiger partial charge in [0.05, 0.1) is 5.69 Å². The van der Waals surface area contributed by atoms with Crippen LogP contribution in [0.1, 0.15) is 12.8 Å². The predicted molar refractivity (Wildman–Crippen MR) is 69.2 cm³/mol. The van der Waals surface area contributed by atoms with Crippen LogP contribution < -0.4 is 16.0 Å². The summed E-state index contributed by atoms with van der Waals surface area (Å²) in [5.41, 5.74) is 0.0538. The van der Waals surface area contributed by atoms with Crippen molar-refractivity contribution >= 4 is 17.6 Å². The van der Waals surface area contributed by atoms with Gasteiger partial charge in [-0.1, -0.05) is 12.1 Å². The van der Waals surface area contributed by atoms with Gasteiger partial charge in [-0.3, -0.25) is 10.1 Å². The summed E-state index contributed by atoms with van der Waals surface area (Å²) >= 11 is 0. The zero-order valence-electron chi connectivity index (χ0n) is 10.4. The Labute approximate surface area is 110 Å². The van der Waals surface area contributed by atoms with Gasteiger partial charge in [0.1, 0.15) is 5.82 Å². The third-order valence-electron chi connectivity index (χ3n) is 3.07. The van der Waals surface area contributed by atoms with E-state index in [9.17, 15) is 14.0 Å². The number of benzene rings is 1. The van der Waals surface area contributed by atoms with Crippen LogP contribution in [-0.2, 0) is 4.79 Å². The van der Waals surface area contributed by atoms with Gasteiger partial charge in [-0.05, 0) is 38.1 Å². The lowest BCUT2D eigenvalue weighted by Gasteiger charge is -2.21. The summed E-state index contributed by atoms with van der Waals surface area (Å²) in [6, 6.07) is 5.11. The number of nitrogens with one attached hydrogen (secondary N) is 3. The molecule has 3 amide bonds. The number of urea groups is 1. The summed E-state index contributed by atoms with van der Waals surface area (Å²) in [7, 11) is 0. The van der Waals surface area contributed by atoms with Crippen molar-refractivity contribution in [2.75, 3.05) is 18.4 Å². The minimum atomic E-state index is -0.700. The fourth-order valence-electron chi connectivity index (χ4n) is 2.01. The molecule has 1 fully saturated rings. The average molecular weight is 265 g/mol. The molecule has 5 nitrogen and oxygen atoms in total. The van der Waals surface area contributed by atoms with Crippen LogP contribution in [0.2, 0.25) is 0 Å². The Kier molecular flexibility index (Phi) is 4.46. The van der Waals surface area contributed by atoms with Gasteiger partial charge in [0.25, 0.3) is 0 Å². The summed E-state index contributed by atoms with van der Waals surface area (Å²) in [6.07, 6.45) is 1.41. The minimum Gasteiger partial charge on any atom is -0.317 e. The van der Waals surface area contributed by atoms with Crippen molar-refractivity contribution in [1.82, 2.24) is 10.6 Å². The maximum Gasteiger partial charge on any atom is 0.325 e. The SMILES string of the molecule is O=C(NC(=O)C1CCNCC1)Nc1ccccc1F. The van der Waals surface area contributed by atoms with E-state index in [1.54, 1.807) is 6.07 Å². The Morgan fingerprint density at radius 1 is 1.21 bits per heavy atom. The number of para-hydroxylation sites is 1. The fourth-order valence-corrected chi connectivity index (χ4v) is 2.01. The van der Waals surface area contributed by atoms with Crippen LogP contribution in [0, 0.1) is 11.7 Å². The van der Waals surface area contributed by atoms with E-state index in [0.29, 0.717) is 12.8 Å². The Bertz CT molecular complexity index is 473. The molecule has 102 valence electrons. The molecule has 1 aliphatic heterocycles. The lowest BCUT2D eigenvalue weighted by atomic mass is 9.97. The maximum absolute atomic E-state index is 13.3. The number of amides is 3. The molecule has 2 rings (SSSR count). The number of carbonyl (C=O) groups excluding carboxylic acids is 2. The van der Waals surface area contributed by atoms with Crippen LogP contribution in [0.25, 0.3) is 0 Å². The van der Waals surface area contributed by atoms with E-state index in [-0.39, 0.29) is 17.5 Å². The van der Waals surface area contributed by atoms with Crippen molar-refractivity contribution in [3.8, 4) is 0 Å². The van der Waals surface area contributed by atoms with Gasteiger partial charge < -0.3 is 10.6 Å². The molecule has 0 aliphatic carbocycles. The van der Waals surface area contributed by atoms with Gasteiger partial charge in [-0.2, -0.15) is 0 Å². The van der Waals surface area contributed by atoms with Gasteiger partial charge >= 0.3 is 6.03 Å². The topological polar surface area (TPSA) is 70.2 Å². The monoisotopic (exact) mass is 265 g/mol. The van der Waals surface area contributed by atoms with Crippen LogP contribution in [0.15, 0.2) is 24.3 Å². The lowest BCUT2D eigenvalue weighted by molar-refractivity contribution is -0.124. The molecule has 1 aliphatic rings. The molecule has 0 spiro atoms. The first-order chi connectivity index (χ1) is 9.16. The van der Waals surface area contributed by atoms with Crippen molar-refractivity contribution in [1.29, 1.82) is 0 Å². The third kappa shape index (κ3) is 3.75. The van der Waals surface area contributed by atoms with E-state index in [1.165, 1.54) is 18.2 Å². The molecule has 19 heavy (non-hydrogen) atoms. The molecule has 1 saturated heterocycles. The number of imide groups is 1. The highest BCUT2D eigenvalue weighted by Gasteiger charge is 2.22. The quantitative estimate of drug-likeness (QED) is 0.758. The molecule has 0 unspecified atom stereocenters. The first kappa shape index (κ1) is 13.5. The number of hydrogen-bond donors (Lipinski definition) is 3. The second-order valence-electron chi connectivity index (χ2n) is 4.45. The van der Waals surface area contributed by atoms with Crippen LogP contribution in [-0.4, -0.2) is 25.0 Å². The van der Waals surface area contributed by atoms with Gasteiger partial charge in [0, 0.05) is 5.92 Å². The van der Waals surface area contributed by atoms with Gasteiger partial charge in [0.2, 0.25) is 5.91 Å². The highest BCUT2D eigenvalue weighted by atomic mass is 19.1. The molecular formula is C13H16FN3O2. The lowest BCUT2D eigenvalue weighted by Crippen LogP contribution is -2.42. The van der Waals surface area contributed by atoms with Crippen molar-refractivity contribution in [2.45, 2.75) is 12.8 Å². The Morgan fingerprint density at radius 3 is 2.58 bits per heavy atom. The molecule has 0 bridgehead atoms. The summed E-state index contributed by atoms with van der Waals surface area (Å²) in [5.74, 6) is -1.00. The molecule has 1 aromatic rings. The first-order valence-corrected chi connectivity index (χ1v) is 6.24. The minimum absolute atomic E-state index is 0.0538. The first-order valence-electron chi connectivity index (χ1n) is 6.24. The molecular weight excluding hydrogens is 249 g/mol. The fraction of sp³-hybridized carbons (Fsp3) is 0.385. The molecule has 1 aromatic carbocycles. The second-order valence-corrected chi connectivity index (χ2v) is 4.45. The summed E-state index contributed by atoms with van der Waals surface area (Å²) in [5, 5.41) is 7.70. The Morgan fingerprint density at radius 2 is 1.89 bits per heavy atom. The molecule has 0 aromatic heterocycles. The Hall–Kier alpha value is -1.95. The van der Waals surface area contributed by atoms with E-state index in [1.807, 2.05) is 0 Å². The van der Waals surface area contributed by atoms with Crippen molar-refractivity contribution < 1.29 is 14.0 Å². The molecule has 0 saturated carbocycles. The van der Waals surface area contributed by atoms with E-state index in [0.717, 1.165) is 13.1 Å². The summed E-state index contributed by atoms with van der Waals surface area (Å²) < 4.78 is 13.3. The van der Waals surface area contributed by atoms with Crippen LogP contribution >= 0.6 is 0 Å².